The molecule has 2 fully saturated rings. The molecule has 0 bridgehead atoms. The van der Waals surface area contributed by atoms with Gasteiger partial charge in [0.15, 0.2) is 0 Å². The predicted molar refractivity (Wildman–Crippen MR) is 68.8 cm³/mol. The summed E-state index contributed by atoms with van der Waals surface area (Å²) in [5.41, 5.74) is 5.35. The van der Waals surface area contributed by atoms with E-state index in [-0.39, 0.29) is 17.9 Å². The summed E-state index contributed by atoms with van der Waals surface area (Å²) >= 11 is 0. The zero-order valence-corrected chi connectivity index (χ0v) is 11.2. The second kappa shape index (κ2) is 4.88. The average Bonchev–Trinajstić information content (AvgIpc) is 2.90. The molecular weight excluding hydrogens is 230 g/mol. The Bertz CT molecular complexity index is 345. The molecule has 2 aliphatic rings. The molecule has 1 atom stereocenters. The van der Waals surface area contributed by atoms with Crippen molar-refractivity contribution in [3.05, 3.63) is 0 Å². The van der Waals surface area contributed by atoms with Crippen LogP contribution in [0, 0.1) is 0 Å². The second-order valence-electron chi connectivity index (χ2n) is 6.19. The van der Waals surface area contributed by atoms with Crippen LogP contribution in [-0.4, -0.2) is 40.9 Å². The zero-order chi connectivity index (χ0) is 13.3. The third kappa shape index (κ3) is 3.45. The molecule has 0 aromatic carbocycles. The molecule has 0 aromatic rings. The largest absolute Gasteiger partial charge is 0.352 e. The average molecular weight is 253 g/mol. The van der Waals surface area contributed by atoms with E-state index >= 15 is 0 Å². The number of hydrogen-bond acceptors (Lipinski definition) is 3. The lowest BCUT2D eigenvalue weighted by molar-refractivity contribution is -0.139. The molecule has 1 unspecified atom stereocenters. The Hall–Kier alpha value is -1.10. The predicted octanol–water partition coefficient (Wildman–Crippen LogP) is 0.383. The van der Waals surface area contributed by atoms with Gasteiger partial charge in [0.2, 0.25) is 11.8 Å². The molecule has 0 radical (unpaired) electrons. The lowest BCUT2D eigenvalue weighted by Gasteiger charge is -2.27. The minimum Gasteiger partial charge on any atom is -0.352 e. The third-order valence-electron chi connectivity index (χ3n) is 3.41. The molecule has 2 amide bonds. The number of amides is 2. The van der Waals surface area contributed by atoms with Gasteiger partial charge in [-0.25, -0.2) is 0 Å². The molecule has 1 saturated carbocycles. The first kappa shape index (κ1) is 13.3. The summed E-state index contributed by atoms with van der Waals surface area (Å²) < 4.78 is 0. The zero-order valence-electron chi connectivity index (χ0n) is 11.2. The Labute approximate surface area is 108 Å². The van der Waals surface area contributed by atoms with Gasteiger partial charge in [0.25, 0.3) is 0 Å². The van der Waals surface area contributed by atoms with Gasteiger partial charge in [-0.15, -0.1) is 0 Å². The van der Waals surface area contributed by atoms with Crippen LogP contribution in [0.2, 0.25) is 0 Å². The number of hydrogen-bond donors (Lipinski definition) is 2. The van der Waals surface area contributed by atoms with Gasteiger partial charge in [-0.3, -0.25) is 9.59 Å². The fourth-order valence-corrected chi connectivity index (χ4v) is 2.35. The van der Waals surface area contributed by atoms with Gasteiger partial charge in [0, 0.05) is 24.5 Å². The molecule has 0 spiro atoms. The van der Waals surface area contributed by atoms with Gasteiger partial charge in [0.1, 0.15) is 6.04 Å². The van der Waals surface area contributed by atoms with Crippen LogP contribution in [0.1, 0.15) is 46.0 Å². The lowest BCUT2D eigenvalue weighted by atomic mass is 10.0. The third-order valence-corrected chi connectivity index (χ3v) is 3.41. The van der Waals surface area contributed by atoms with Gasteiger partial charge in [-0.2, -0.15) is 0 Å². The monoisotopic (exact) mass is 253 g/mol. The topological polar surface area (TPSA) is 75.4 Å². The summed E-state index contributed by atoms with van der Waals surface area (Å²) in [5.74, 6) is 0.00845. The van der Waals surface area contributed by atoms with E-state index in [1.54, 1.807) is 4.90 Å². The molecule has 1 aliphatic heterocycles. The summed E-state index contributed by atoms with van der Waals surface area (Å²) in [4.78, 5) is 25.9. The Morgan fingerprint density at radius 1 is 1.33 bits per heavy atom. The van der Waals surface area contributed by atoms with E-state index in [9.17, 15) is 9.59 Å². The minimum absolute atomic E-state index is 0.00375. The highest BCUT2D eigenvalue weighted by atomic mass is 16.2. The molecule has 5 nitrogen and oxygen atoms in total. The van der Waals surface area contributed by atoms with Crippen molar-refractivity contribution in [3.63, 3.8) is 0 Å². The van der Waals surface area contributed by atoms with Crippen LogP contribution in [0.25, 0.3) is 0 Å². The van der Waals surface area contributed by atoms with Crippen molar-refractivity contribution in [3.8, 4) is 0 Å². The van der Waals surface area contributed by atoms with Crippen LogP contribution in [0.15, 0.2) is 0 Å². The number of likely N-dealkylation sites (tertiary alicyclic amines) is 1. The van der Waals surface area contributed by atoms with Crippen molar-refractivity contribution in [1.82, 2.24) is 10.2 Å². The van der Waals surface area contributed by atoms with Crippen LogP contribution < -0.4 is 11.1 Å². The maximum absolute atomic E-state index is 12.1. The van der Waals surface area contributed by atoms with Crippen molar-refractivity contribution in [1.29, 1.82) is 0 Å². The van der Waals surface area contributed by atoms with Crippen LogP contribution in [0.4, 0.5) is 0 Å². The number of rotatable bonds is 4. The van der Waals surface area contributed by atoms with Crippen LogP contribution in [-0.2, 0) is 9.59 Å². The number of nitrogens with one attached hydrogen (secondary N) is 1. The smallest absolute Gasteiger partial charge is 0.243 e. The van der Waals surface area contributed by atoms with Gasteiger partial charge < -0.3 is 16.0 Å². The molecule has 2 rings (SSSR count). The molecule has 102 valence electrons. The van der Waals surface area contributed by atoms with E-state index in [0.29, 0.717) is 19.0 Å². The van der Waals surface area contributed by atoms with Crippen LogP contribution >= 0.6 is 0 Å². The summed E-state index contributed by atoms with van der Waals surface area (Å²) in [6.45, 7) is 4.35. The molecule has 1 aliphatic carbocycles. The van der Waals surface area contributed by atoms with E-state index in [4.69, 9.17) is 5.73 Å². The highest BCUT2D eigenvalue weighted by molar-refractivity contribution is 5.88. The fraction of sp³-hybridized carbons (Fsp3) is 0.846. The quantitative estimate of drug-likeness (QED) is 0.760. The maximum Gasteiger partial charge on any atom is 0.243 e. The summed E-state index contributed by atoms with van der Waals surface area (Å²) in [7, 11) is 0. The standard InChI is InChI=1S/C13H23N3O2/c1-13(2,14)8-11(17)16-7-3-4-10(16)12(18)15-9-5-6-9/h9-10H,3-8,14H2,1-2H3,(H,15,18). The first-order valence-corrected chi connectivity index (χ1v) is 6.75. The highest BCUT2D eigenvalue weighted by Crippen LogP contribution is 2.23. The molecule has 3 N–H and O–H groups in total. The molecule has 18 heavy (non-hydrogen) atoms. The first-order valence-electron chi connectivity index (χ1n) is 6.75. The van der Waals surface area contributed by atoms with Gasteiger partial charge in [0.05, 0.1) is 0 Å². The van der Waals surface area contributed by atoms with Crippen molar-refractivity contribution in [2.75, 3.05) is 6.54 Å². The fourth-order valence-electron chi connectivity index (χ4n) is 2.35. The summed E-state index contributed by atoms with van der Waals surface area (Å²) in [6.07, 6.45) is 4.11. The molecular formula is C13H23N3O2. The van der Waals surface area contributed by atoms with Crippen molar-refractivity contribution in [2.24, 2.45) is 5.73 Å². The van der Waals surface area contributed by atoms with Crippen molar-refractivity contribution < 1.29 is 9.59 Å². The number of nitrogens with zero attached hydrogens (tertiary/aromatic N) is 1. The number of carbonyl (C=O) groups is 2. The SMILES string of the molecule is CC(C)(N)CC(=O)N1CCCC1C(=O)NC1CC1. The Morgan fingerprint density at radius 2 is 2.00 bits per heavy atom. The molecule has 1 saturated heterocycles. The van der Waals surface area contributed by atoms with E-state index in [2.05, 4.69) is 5.32 Å². The van der Waals surface area contributed by atoms with Crippen LogP contribution in [0.5, 0.6) is 0 Å². The Balaban J connectivity index is 1.93. The van der Waals surface area contributed by atoms with Crippen molar-refractivity contribution in [2.45, 2.75) is 63.6 Å². The summed E-state index contributed by atoms with van der Waals surface area (Å²) in [6, 6.07) is 0.0708. The van der Waals surface area contributed by atoms with Crippen LogP contribution in [0.3, 0.4) is 0 Å². The van der Waals surface area contributed by atoms with Crippen molar-refractivity contribution >= 4 is 11.8 Å². The maximum atomic E-state index is 12.1. The Morgan fingerprint density at radius 3 is 2.56 bits per heavy atom. The summed E-state index contributed by atoms with van der Waals surface area (Å²) in [5, 5.41) is 2.98. The number of carbonyl (C=O) groups excluding carboxylic acids is 2. The van der Waals surface area contributed by atoms with Gasteiger partial charge >= 0.3 is 0 Å². The van der Waals surface area contributed by atoms with Gasteiger partial charge in [-0.05, 0) is 39.5 Å². The normalized spacial score (nSPS) is 24.2. The van der Waals surface area contributed by atoms with E-state index < -0.39 is 5.54 Å². The number of nitrogens with two attached hydrogens (primary N) is 1. The minimum atomic E-state index is -0.517. The molecule has 5 heteroatoms. The molecule has 1 heterocycles. The Kier molecular flexibility index (Phi) is 3.61. The van der Waals surface area contributed by atoms with E-state index in [1.165, 1.54) is 0 Å². The second-order valence-corrected chi connectivity index (χ2v) is 6.19. The molecule has 0 aromatic heterocycles. The van der Waals surface area contributed by atoms with E-state index in [0.717, 1.165) is 25.7 Å². The first-order chi connectivity index (χ1) is 8.37. The van der Waals surface area contributed by atoms with E-state index in [1.807, 2.05) is 13.8 Å². The highest BCUT2D eigenvalue weighted by Gasteiger charge is 2.37. The lowest BCUT2D eigenvalue weighted by Crippen LogP contribution is -2.49. The van der Waals surface area contributed by atoms with Gasteiger partial charge in [-0.1, -0.05) is 0 Å².